The number of rotatable bonds is 4. The Morgan fingerprint density at radius 1 is 1.17 bits per heavy atom. The number of nitrogens with zero attached hydrogens (tertiary/aromatic N) is 2. The summed E-state index contributed by atoms with van der Waals surface area (Å²) >= 11 is 7.16. The second kappa shape index (κ2) is 7.97. The van der Waals surface area contributed by atoms with Crippen LogP contribution in [-0.2, 0) is 6.54 Å². The van der Waals surface area contributed by atoms with Crippen LogP contribution in [0.15, 0.2) is 53.6 Å². The molecule has 0 fully saturated rings. The van der Waals surface area contributed by atoms with Gasteiger partial charge in [-0.25, -0.2) is 13.8 Å². The zero-order valence-electron chi connectivity index (χ0n) is 15.6. The van der Waals surface area contributed by atoms with Crippen molar-refractivity contribution >= 4 is 44.7 Å². The lowest BCUT2D eigenvalue weighted by Crippen LogP contribution is -2.21. The molecule has 1 N–H and O–H groups in total. The van der Waals surface area contributed by atoms with Crippen molar-refractivity contribution in [2.24, 2.45) is 0 Å². The number of aromatic nitrogens is 2. The number of thiophene rings is 1. The van der Waals surface area contributed by atoms with Crippen molar-refractivity contribution in [2.45, 2.75) is 13.5 Å². The van der Waals surface area contributed by atoms with Gasteiger partial charge in [0.05, 0.1) is 23.1 Å². The van der Waals surface area contributed by atoms with Crippen molar-refractivity contribution in [1.82, 2.24) is 9.55 Å². The number of carbonyl (C=O) groups excluding carboxylic acids is 1. The number of carbonyl (C=O) groups is 1. The molecule has 1 amide bonds. The molecular weight excluding hydrogens is 432 g/mol. The van der Waals surface area contributed by atoms with Crippen LogP contribution < -0.4 is 10.9 Å². The average molecular weight is 446 g/mol. The van der Waals surface area contributed by atoms with E-state index in [0.717, 1.165) is 29.0 Å². The van der Waals surface area contributed by atoms with E-state index in [1.165, 1.54) is 17.0 Å². The van der Waals surface area contributed by atoms with Gasteiger partial charge in [-0.1, -0.05) is 35.9 Å². The van der Waals surface area contributed by atoms with Gasteiger partial charge in [-0.2, -0.15) is 0 Å². The summed E-state index contributed by atoms with van der Waals surface area (Å²) in [6.45, 7) is 1.83. The van der Waals surface area contributed by atoms with Crippen LogP contribution in [0.3, 0.4) is 0 Å². The SMILES string of the molecule is Cc1c(C(=O)Nc2c(F)cccc2F)sc2ncn(Cc3ccccc3Cl)c(=O)c12. The lowest BCUT2D eigenvalue weighted by molar-refractivity contribution is 0.102. The van der Waals surface area contributed by atoms with Gasteiger partial charge in [0.1, 0.15) is 22.2 Å². The Morgan fingerprint density at radius 3 is 2.57 bits per heavy atom. The summed E-state index contributed by atoms with van der Waals surface area (Å²) in [5.74, 6) is -2.48. The lowest BCUT2D eigenvalue weighted by atomic mass is 10.2. The third-order valence-corrected chi connectivity index (χ3v) is 6.19. The summed E-state index contributed by atoms with van der Waals surface area (Å²) in [5, 5.41) is 3.06. The molecule has 0 aliphatic carbocycles. The van der Waals surface area contributed by atoms with E-state index < -0.39 is 23.2 Å². The first kappa shape index (κ1) is 20.2. The van der Waals surface area contributed by atoms with Crippen molar-refractivity contribution in [1.29, 1.82) is 0 Å². The molecule has 152 valence electrons. The highest BCUT2D eigenvalue weighted by Crippen LogP contribution is 2.29. The molecule has 0 radical (unpaired) electrons. The molecule has 30 heavy (non-hydrogen) atoms. The summed E-state index contributed by atoms with van der Waals surface area (Å²) in [4.78, 5) is 30.5. The normalized spacial score (nSPS) is 11.1. The van der Waals surface area contributed by atoms with E-state index in [1.807, 2.05) is 6.07 Å². The number of hydrogen-bond acceptors (Lipinski definition) is 4. The Morgan fingerprint density at radius 2 is 1.87 bits per heavy atom. The number of anilines is 1. The van der Waals surface area contributed by atoms with Gasteiger partial charge in [-0.05, 0) is 36.2 Å². The fourth-order valence-corrected chi connectivity index (χ4v) is 4.32. The zero-order chi connectivity index (χ0) is 21.4. The summed E-state index contributed by atoms with van der Waals surface area (Å²) in [7, 11) is 0. The van der Waals surface area contributed by atoms with Gasteiger partial charge in [-0.3, -0.25) is 14.2 Å². The Balaban J connectivity index is 1.72. The van der Waals surface area contributed by atoms with Gasteiger partial charge in [0.15, 0.2) is 0 Å². The van der Waals surface area contributed by atoms with Crippen LogP contribution in [0.4, 0.5) is 14.5 Å². The molecule has 2 heterocycles. The molecule has 4 rings (SSSR count). The minimum Gasteiger partial charge on any atom is -0.316 e. The second-order valence-corrected chi connectivity index (χ2v) is 7.96. The molecule has 4 aromatic rings. The van der Waals surface area contributed by atoms with Crippen molar-refractivity contribution in [3.63, 3.8) is 0 Å². The van der Waals surface area contributed by atoms with E-state index in [2.05, 4.69) is 10.3 Å². The van der Waals surface area contributed by atoms with Crippen molar-refractivity contribution in [2.75, 3.05) is 5.32 Å². The number of aryl methyl sites for hydroxylation is 1. The summed E-state index contributed by atoms with van der Waals surface area (Å²) in [6.07, 6.45) is 1.39. The topological polar surface area (TPSA) is 64.0 Å². The van der Waals surface area contributed by atoms with Crippen LogP contribution in [0.25, 0.3) is 10.2 Å². The Labute approximate surface area is 178 Å². The van der Waals surface area contributed by atoms with Crippen LogP contribution in [0.1, 0.15) is 20.8 Å². The highest BCUT2D eigenvalue weighted by molar-refractivity contribution is 7.20. The number of hydrogen-bond donors (Lipinski definition) is 1. The molecule has 2 aromatic carbocycles. The molecule has 5 nitrogen and oxygen atoms in total. The van der Waals surface area contributed by atoms with E-state index in [0.29, 0.717) is 15.4 Å². The quantitative estimate of drug-likeness (QED) is 0.481. The summed E-state index contributed by atoms with van der Waals surface area (Å²) < 4.78 is 29.1. The van der Waals surface area contributed by atoms with Crippen LogP contribution in [0.2, 0.25) is 5.02 Å². The standard InChI is InChI=1S/C21H14ClF2N3O2S/c1-11-16-20(25-10-27(21(16)29)9-12-5-2-3-6-13(12)22)30-18(11)19(28)26-17-14(23)7-4-8-15(17)24/h2-8,10H,9H2,1H3,(H,26,28). The Hall–Kier alpha value is -3.10. The fraction of sp³-hybridized carbons (Fsp3) is 0.0952. The molecule has 0 atom stereocenters. The smallest absolute Gasteiger partial charge is 0.266 e. The Kier molecular flexibility index (Phi) is 5.36. The predicted molar refractivity (Wildman–Crippen MR) is 113 cm³/mol. The number of halogens is 3. The maximum Gasteiger partial charge on any atom is 0.266 e. The molecule has 9 heteroatoms. The molecule has 0 saturated carbocycles. The first-order valence-corrected chi connectivity index (χ1v) is 10.0. The van der Waals surface area contributed by atoms with Crippen molar-refractivity contribution in [3.8, 4) is 0 Å². The van der Waals surface area contributed by atoms with Gasteiger partial charge >= 0.3 is 0 Å². The molecule has 0 saturated heterocycles. The molecule has 0 aliphatic rings. The highest BCUT2D eigenvalue weighted by Gasteiger charge is 2.21. The maximum absolute atomic E-state index is 13.9. The number of para-hydroxylation sites is 1. The van der Waals surface area contributed by atoms with Crippen LogP contribution >= 0.6 is 22.9 Å². The molecule has 0 spiro atoms. The average Bonchev–Trinajstić information content (AvgIpc) is 3.06. The van der Waals surface area contributed by atoms with Gasteiger partial charge in [0, 0.05) is 5.02 Å². The number of fused-ring (bicyclic) bond motifs is 1. The lowest BCUT2D eigenvalue weighted by Gasteiger charge is -2.07. The molecular formula is C21H14ClF2N3O2S. The summed E-state index contributed by atoms with van der Waals surface area (Å²) in [6, 6.07) is 10.4. The van der Waals surface area contributed by atoms with Crippen molar-refractivity contribution < 1.29 is 13.6 Å². The van der Waals surface area contributed by atoms with Crippen molar-refractivity contribution in [3.05, 3.63) is 91.8 Å². The van der Waals surface area contributed by atoms with Gasteiger partial charge in [-0.15, -0.1) is 11.3 Å². The minimum absolute atomic E-state index is 0.160. The Bertz CT molecular complexity index is 1330. The predicted octanol–water partition coefficient (Wildman–Crippen LogP) is 5.00. The fourth-order valence-electron chi connectivity index (χ4n) is 3.09. The van der Waals surface area contributed by atoms with Crippen LogP contribution in [0.5, 0.6) is 0 Å². The number of amides is 1. The van der Waals surface area contributed by atoms with Gasteiger partial charge < -0.3 is 5.32 Å². The van der Waals surface area contributed by atoms with Gasteiger partial charge in [0.2, 0.25) is 0 Å². The van der Waals surface area contributed by atoms with Crippen LogP contribution in [0, 0.1) is 18.6 Å². The van der Waals surface area contributed by atoms with E-state index >= 15 is 0 Å². The van der Waals surface area contributed by atoms with Gasteiger partial charge in [0.25, 0.3) is 11.5 Å². The largest absolute Gasteiger partial charge is 0.316 e. The first-order valence-electron chi connectivity index (χ1n) is 8.84. The number of benzene rings is 2. The highest BCUT2D eigenvalue weighted by atomic mass is 35.5. The summed E-state index contributed by atoms with van der Waals surface area (Å²) in [5.41, 5.74) is 0.284. The second-order valence-electron chi connectivity index (χ2n) is 6.56. The molecule has 0 unspecified atom stereocenters. The van der Waals surface area contributed by atoms with E-state index in [4.69, 9.17) is 11.6 Å². The van der Waals surface area contributed by atoms with E-state index in [-0.39, 0.29) is 22.4 Å². The third kappa shape index (κ3) is 3.59. The number of nitrogens with one attached hydrogen (secondary N) is 1. The molecule has 2 aromatic heterocycles. The molecule has 0 aliphatic heterocycles. The first-order chi connectivity index (χ1) is 14.4. The van der Waals surface area contributed by atoms with E-state index in [9.17, 15) is 18.4 Å². The zero-order valence-corrected chi connectivity index (χ0v) is 17.2. The third-order valence-electron chi connectivity index (χ3n) is 4.62. The monoisotopic (exact) mass is 445 g/mol. The molecule has 0 bridgehead atoms. The van der Waals surface area contributed by atoms with E-state index in [1.54, 1.807) is 25.1 Å². The minimum atomic E-state index is -0.887. The maximum atomic E-state index is 13.9. The van der Waals surface area contributed by atoms with Crippen LogP contribution in [-0.4, -0.2) is 15.5 Å².